The highest BCUT2D eigenvalue weighted by Crippen LogP contribution is 2.24. The highest BCUT2D eigenvalue weighted by Gasteiger charge is 2.12. The van der Waals surface area contributed by atoms with Gasteiger partial charge in [-0.1, -0.05) is 0 Å². The van der Waals surface area contributed by atoms with Gasteiger partial charge < -0.3 is 14.6 Å². The Labute approximate surface area is 130 Å². The molecule has 0 radical (unpaired) electrons. The second kappa shape index (κ2) is 6.60. The fourth-order valence-electron chi connectivity index (χ4n) is 1.63. The molecular weight excluding hydrogens is 371 g/mol. The second-order valence-electron chi connectivity index (χ2n) is 4.05. The van der Waals surface area contributed by atoms with Gasteiger partial charge in [-0.3, -0.25) is 4.79 Å². The molecule has 0 fully saturated rings. The molecule has 0 spiro atoms. The lowest BCUT2D eigenvalue weighted by Crippen LogP contribution is -2.11. The maximum Gasteiger partial charge on any atom is 0.203 e. The summed E-state index contributed by atoms with van der Waals surface area (Å²) in [6.45, 7) is -0.125. The molecule has 0 atom stereocenters. The number of methoxy groups -OCH3 is 1. The summed E-state index contributed by atoms with van der Waals surface area (Å²) in [6, 6.07) is 11.9. The van der Waals surface area contributed by atoms with Crippen molar-refractivity contribution in [2.45, 2.75) is 0 Å². The first kappa shape index (κ1) is 14.6. The number of ether oxygens (including phenoxy) is 2. The Morgan fingerprint density at radius 3 is 2.40 bits per heavy atom. The molecule has 0 amide bonds. The predicted molar refractivity (Wildman–Crippen MR) is 83.6 cm³/mol. The third-order valence-corrected chi connectivity index (χ3v) is 3.41. The average molecular weight is 384 g/mol. The quantitative estimate of drug-likeness (QED) is 0.635. The van der Waals surface area contributed by atoms with Gasteiger partial charge in [0.2, 0.25) is 5.78 Å². The first-order chi connectivity index (χ1) is 9.60. The van der Waals surface area contributed by atoms with Gasteiger partial charge in [0.05, 0.1) is 12.7 Å². The van der Waals surface area contributed by atoms with Crippen LogP contribution >= 0.6 is 22.6 Å². The van der Waals surface area contributed by atoms with E-state index in [-0.39, 0.29) is 23.7 Å². The highest BCUT2D eigenvalue weighted by molar-refractivity contribution is 14.1. The smallest absolute Gasteiger partial charge is 0.203 e. The van der Waals surface area contributed by atoms with E-state index in [0.29, 0.717) is 11.5 Å². The van der Waals surface area contributed by atoms with Crippen molar-refractivity contribution in [1.82, 2.24) is 0 Å². The molecule has 0 saturated carbocycles. The molecule has 0 unspecified atom stereocenters. The van der Waals surface area contributed by atoms with E-state index in [0.717, 1.165) is 3.57 Å². The van der Waals surface area contributed by atoms with Crippen LogP contribution in [0.2, 0.25) is 0 Å². The standard InChI is InChI=1S/C15H13IO4/c1-19-12-6-7-13(14(17)8-12)15(18)9-20-11-4-2-10(16)3-5-11/h2-8,17H,9H2,1H3. The van der Waals surface area contributed by atoms with E-state index in [1.54, 1.807) is 18.2 Å². The number of carbonyl (C=O) groups excluding carboxylic acids is 1. The molecule has 0 saturated heterocycles. The summed E-state index contributed by atoms with van der Waals surface area (Å²) in [4.78, 5) is 12.0. The van der Waals surface area contributed by atoms with Crippen molar-refractivity contribution >= 4 is 28.4 Å². The van der Waals surface area contributed by atoms with Crippen LogP contribution in [-0.4, -0.2) is 24.6 Å². The first-order valence-corrected chi connectivity index (χ1v) is 6.96. The van der Waals surface area contributed by atoms with Crippen LogP contribution in [0.4, 0.5) is 0 Å². The Balaban J connectivity index is 2.03. The van der Waals surface area contributed by atoms with Gasteiger partial charge in [-0.15, -0.1) is 0 Å². The lowest BCUT2D eigenvalue weighted by atomic mass is 10.1. The number of carbonyl (C=O) groups is 1. The fraction of sp³-hybridized carbons (Fsp3) is 0.133. The van der Waals surface area contributed by atoms with Gasteiger partial charge in [0.15, 0.2) is 6.61 Å². The Bertz CT molecular complexity index is 608. The van der Waals surface area contributed by atoms with Crippen molar-refractivity contribution in [3.63, 3.8) is 0 Å². The van der Waals surface area contributed by atoms with Crippen LogP contribution < -0.4 is 9.47 Å². The molecule has 0 aliphatic heterocycles. The summed E-state index contributed by atoms with van der Waals surface area (Å²) < 4.78 is 11.5. The molecule has 2 aromatic carbocycles. The minimum Gasteiger partial charge on any atom is -0.507 e. The third kappa shape index (κ3) is 3.63. The lowest BCUT2D eigenvalue weighted by molar-refractivity contribution is 0.0919. The average Bonchev–Trinajstić information content (AvgIpc) is 2.46. The van der Waals surface area contributed by atoms with Crippen LogP contribution in [0.3, 0.4) is 0 Å². The fourth-order valence-corrected chi connectivity index (χ4v) is 1.99. The minimum absolute atomic E-state index is 0.111. The van der Waals surface area contributed by atoms with E-state index in [1.165, 1.54) is 19.2 Å². The normalized spacial score (nSPS) is 10.1. The molecule has 0 aliphatic carbocycles. The van der Waals surface area contributed by atoms with Crippen molar-refractivity contribution in [2.75, 3.05) is 13.7 Å². The van der Waals surface area contributed by atoms with Crippen molar-refractivity contribution < 1.29 is 19.4 Å². The van der Waals surface area contributed by atoms with Gasteiger partial charge in [-0.25, -0.2) is 0 Å². The van der Waals surface area contributed by atoms with E-state index in [1.807, 2.05) is 12.1 Å². The lowest BCUT2D eigenvalue weighted by Gasteiger charge is -2.08. The summed E-state index contributed by atoms with van der Waals surface area (Å²) in [5.74, 6) is 0.716. The van der Waals surface area contributed by atoms with Crippen molar-refractivity contribution in [3.8, 4) is 17.2 Å². The molecule has 0 aliphatic rings. The zero-order valence-corrected chi connectivity index (χ0v) is 13.0. The molecule has 2 rings (SSSR count). The largest absolute Gasteiger partial charge is 0.507 e. The molecule has 2 aromatic rings. The number of ketones is 1. The number of Topliss-reactive ketones (excluding diaryl/α,β-unsaturated/α-hetero) is 1. The maximum atomic E-state index is 12.0. The first-order valence-electron chi connectivity index (χ1n) is 5.88. The summed E-state index contributed by atoms with van der Waals surface area (Å²) in [6.07, 6.45) is 0. The molecule has 1 N–H and O–H groups in total. The van der Waals surface area contributed by atoms with Crippen LogP contribution in [0.25, 0.3) is 0 Å². The van der Waals surface area contributed by atoms with E-state index in [2.05, 4.69) is 22.6 Å². The van der Waals surface area contributed by atoms with Gasteiger partial charge in [-0.2, -0.15) is 0 Å². The topological polar surface area (TPSA) is 55.8 Å². The number of phenolic OH excluding ortho intramolecular Hbond substituents is 1. The minimum atomic E-state index is -0.288. The highest BCUT2D eigenvalue weighted by atomic mass is 127. The number of halogens is 1. The summed E-state index contributed by atoms with van der Waals surface area (Å²) in [7, 11) is 1.50. The van der Waals surface area contributed by atoms with Crippen LogP contribution in [0, 0.1) is 3.57 Å². The molecule has 0 bridgehead atoms. The van der Waals surface area contributed by atoms with Gasteiger partial charge in [0.1, 0.15) is 17.2 Å². The van der Waals surface area contributed by atoms with Crippen LogP contribution in [0.5, 0.6) is 17.2 Å². The van der Waals surface area contributed by atoms with Gasteiger partial charge >= 0.3 is 0 Å². The zero-order valence-electron chi connectivity index (χ0n) is 10.8. The molecular formula is C15H13IO4. The van der Waals surface area contributed by atoms with Gasteiger partial charge in [0.25, 0.3) is 0 Å². The number of aromatic hydroxyl groups is 1. The molecule has 5 heteroatoms. The molecule has 0 aromatic heterocycles. The number of rotatable bonds is 5. The third-order valence-electron chi connectivity index (χ3n) is 2.69. The SMILES string of the molecule is COc1ccc(C(=O)COc2ccc(I)cc2)c(O)c1. The van der Waals surface area contributed by atoms with E-state index in [4.69, 9.17) is 9.47 Å². The van der Waals surface area contributed by atoms with Gasteiger partial charge in [0, 0.05) is 9.64 Å². The monoisotopic (exact) mass is 384 g/mol. The van der Waals surface area contributed by atoms with E-state index < -0.39 is 0 Å². The number of hydrogen-bond donors (Lipinski definition) is 1. The number of phenols is 1. The van der Waals surface area contributed by atoms with Crippen molar-refractivity contribution in [1.29, 1.82) is 0 Å². The number of benzene rings is 2. The Morgan fingerprint density at radius 2 is 1.80 bits per heavy atom. The van der Waals surface area contributed by atoms with Crippen LogP contribution in [0.15, 0.2) is 42.5 Å². The Kier molecular flexibility index (Phi) is 4.84. The zero-order chi connectivity index (χ0) is 14.5. The maximum absolute atomic E-state index is 12.0. The summed E-state index contributed by atoms with van der Waals surface area (Å²) in [5, 5.41) is 9.77. The van der Waals surface area contributed by atoms with Crippen LogP contribution in [-0.2, 0) is 0 Å². The number of hydrogen-bond acceptors (Lipinski definition) is 4. The molecule has 104 valence electrons. The van der Waals surface area contributed by atoms with E-state index in [9.17, 15) is 9.90 Å². The predicted octanol–water partition coefficient (Wildman–Crippen LogP) is 3.27. The molecule has 20 heavy (non-hydrogen) atoms. The Morgan fingerprint density at radius 1 is 1.15 bits per heavy atom. The van der Waals surface area contributed by atoms with Gasteiger partial charge in [-0.05, 0) is 59.0 Å². The molecule has 0 heterocycles. The Hall–Kier alpha value is -1.76. The summed E-state index contributed by atoms with van der Waals surface area (Å²) in [5.41, 5.74) is 0.219. The van der Waals surface area contributed by atoms with E-state index >= 15 is 0 Å². The van der Waals surface area contributed by atoms with Crippen molar-refractivity contribution in [3.05, 3.63) is 51.6 Å². The van der Waals surface area contributed by atoms with Crippen molar-refractivity contribution in [2.24, 2.45) is 0 Å². The van der Waals surface area contributed by atoms with Crippen LogP contribution in [0.1, 0.15) is 10.4 Å². The second-order valence-corrected chi connectivity index (χ2v) is 5.29. The molecule has 4 nitrogen and oxygen atoms in total. The summed E-state index contributed by atoms with van der Waals surface area (Å²) >= 11 is 2.19.